The summed E-state index contributed by atoms with van der Waals surface area (Å²) in [6.07, 6.45) is 59.4. The largest absolute Gasteiger partial charge is 0.505 e. The van der Waals surface area contributed by atoms with Crippen LogP contribution in [0.1, 0.15) is 252 Å². The summed E-state index contributed by atoms with van der Waals surface area (Å²) in [6.45, 7) is 6.25. The lowest BCUT2D eigenvalue weighted by Gasteiger charge is -2.22. The second-order valence-electron chi connectivity index (χ2n) is 18.7. The van der Waals surface area contributed by atoms with E-state index in [1.165, 1.54) is 57.8 Å². The molecule has 1 rings (SSSR count). The quantitative estimate of drug-likeness (QED) is 0.0275. The number of aliphatic hydroxyl groups excluding tert-OH is 1. The van der Waals surface area contributed by atoms with Crippen molar-refractivity contribution in [3.05, 3.63) is 84.4 Å². The molecule has 1 aliphatic rings. The predicted molar refractivity (Wildman–Crippen MR) is 285 cm³/mol. The van der Waals surface area contributed by atoms with E-state index in [0.29, 0.717) is 19.3 Å². The summed E-state index contributed by atoms with van der Waals surface area (Å²) >= 11 is 0. The zero-order valence-electron chi connectivity index (χ0n) is 44.0. The number of ether oxygens (including phenoxy) is 4. The van der Waals surface area contributed by atoms with E-state index in [-0.39, 0.29) is 19.3 Å². The minimum atomic E-state index is -1.46. The molecular weight excluding hydrogens is 865 g/mol. The lowest BCUT2D eigenvalue weighted by atomic mass is 10.1. The number of carbonyl (C=O) groups excluding carboxylic acids is 4. The maximum atomic E-state index is 13.1. The summed E-state index contributed by atoms with van der Waals surface area (Å²) < 4.78 is 21.9. The van der Waals surface area contributed by atoms with E-state index in [9.17, 15) is 24.3 Å². The Labute approximate surface area is 420 Å². The zero-order valence-corrected chi connectivity index (χ0v) is 44.0. The fraction of sp³-hybridized carbons (Fsp3) is 0.700. The van der Waals surface area contributed by atoms with Crippen LogP contribution in [0.4, 0.5) is 0 Å². The molecule has 0 amide bonds. The number of hydrogen-bond acceptors (Lipinski definition) is 9. The molecule has 0 aromatic rings. The van der Waals surface area contributed by atoms with Gasteiger partial charge in [0.25, 0.3) is 5.76 Å². The van der Waals surface area contributed by atoms with Crippen molar-refractivity contribution in [2.45, 2.75) is 264 Å². The van der Waals surface area contributed by atoms with E-state index in [1.807, 2.05) is 0 Å². The van der Waals surface area contributed by atoms with Gasteiger partial charge in [-0.3, -0.25) is 14.4 Å². The number of aliphatic hydroxyl groups is 1. The van der Waals surface area contributed by atoms with Crippen LogP contribution < -0.4 is 0 Å². The Bertz CT molecular complexity index is 1520. The minimum absolute atomic E-state index is 0.0803. The molecule has 0 aliphatic carbocycles. The number of rotatable bonds is 47. The van der Waals surface area contributed by atoms with Crippen molar-refractivity contribution in [2.75, 3.05) is 6.61 Å². The molecule has 0 bridgehead atoms. The molecule has 0 saturated heterocycles. The molecule has 0 radical (unpaired) electrons. The van der Waals surface area contributed by atoms with Crippen LogP contribution in [0.15, 0.2) is 84.4 Å². The number of unbranched alkanes of at least 4 members (excludes halogenated alkanes) is 24. The number of cyclic esters (lactones) is 1. The Kier molecular flexibility index (Phi) is 43.3. The molecule has 0 saturated carbocycles. The van der Waals surface area contributed by atoms with Crippen LogP contribution in [0.5, 0.6) is 0 Å². The second-order valence-corrected chi connectivity index (χ2v) is 18.7. The topological polar surface area (TPSA) is 125 Å². The molecule has 9 heteroatoms. The van der Waals surface area contributed by atoms with Crippen LogP contribution in [0.25, 0.3) is 0 Å². The molecule has 1 heterocycles. The Morgan fingerprint density at radius 2 is 0.797 bits per heavy atom. The number of hydrogen-bond donors (Lipinski definition) is 1. The summed E-state index contributed by atoms with van der Waals surface area (Å²) in [5.41, 5.74) is 0. The van der Waals surface area contributed by atoms with Crippen LogP contribution >= 0.6 is 0 Å². The van der Waals surface area contributed by atoms with Gasteiger partial charge in [-0.2, -0.15) is 0 Å². The Hall–Kier alpha value is -4.14. The van der Waals surface area contributed by atoms with Crippen LogP contribution in [0.2, 0.25) is 0 Å². The van der Waals surface area contributed by atoms with Gasteiger partial charge in [-0.25, -0.2) is 4.79 Å². The van der Waals surface area contributed by atoms with Gasteiger partial charge in [0, 0.05) is 19.3 Å². The maximum absolute atomic E-state index is 13.1. The van der Waals surface area contributed by atoms with E-state index in [4.69, 9.17) is 18.9 Å². The van der Waals surface area contributed by atoms with Crippen molar-refractivity contribution < 1.29 is 43.2 Å². The highest BCUT2D eigenvalue weighted by molar-refractivity contribution is 5.92. The van der Waals surface area contributed by atoms with Gasteiger partial charge in [0.05, 0.1) is 0 Å². The van der Waals surface area contributed by atoms with Gasteiger partial charge >= 0.3 is 23.9 Å². The van der Waals surface area contributed by atoms with E-state index in [1.54, 1.807) is 0 Å². The van der Waals surface area contributed by atoms with Crippen molar-refractivity contribution in [1.29, 1.82) is 0 Å². The molecule has 2 atom stereocenters. The number of allylic oxidation sites excluding steroid dienone is 12. The zero-order chi connectivity index (χ0) is 50.1. The first kappa shape index (κ1) is 62.9. The van der Waals surface area contributed by atoms with Gasteiger partial charge in [-0.1, -0.05) is 190 Å². The molecule has 0 unspecified atom stereocenters. The van der Waals surface area contributed by atoms with Crippen LogP contribution in [-0.4, -0.2) is 47.8 Å². The first-order valence-corrected chi connectivity index (χ1v) is 27.9. The van der Waals surface area contributed by atoms with Gasteiger partial charge < -0.3 is 24.1 Å². The Morgan fingerprint density at radius 3 is 1.19 bits per heavy atom. The molecule has 9 nitrogen and oxygen atoms in total. The lowest BCUT2D eigenvalue weighted by Crippen LogP contribution is -2.38. The van der Waals surface area contributed by atoms with Gasteiger partial charge in [0.1, 0.15) is 6.61 Å². The van der Waals surface area contributed by atoms with Gasteiger partial charge in [-0.05, 0) is 116 Å². The second kappa shape index (κ2) is 47.5. The van der Waals surface area contributed by atoms with Crippen molar-refractivity contribution in [2.24, 2.45) is 0 Å². The fourth-order valence-corrected chi connectivity index (χ4v) is 7.87. The first-order valence-electron chi connectivity index (χ1n) is 27.9. The number of esters is 4. The van der Waals surface area contributed by atoms with E-state index < -0.39 is 54.2 Å². The van der Waals surface area contributed by atoms with Crippen LogP contribution in [0, 0.1) is 0 Å². The highest BCUT2D eigenvalue weighted by Gasteiger charge is 2.44. The SMILES string of the molecule is CCCCC/C=C\C/C=C\CCCCCCCC(=O)OC[C@H](OC(=O)CCCCCCC/C=C\C/C=C\CCCCC)[C@H]1OC(=O)C(OC(=O)CCCCCCC/C=C\C/C=C\CCCCC)=C1O. The van der Waals surface area contributed by atoms with E-state index in [2.05, 4.69) is 93.7 Å². The predicted octanol–water partition coefficient (Wildman–Crippen LogP) is 17.1. The fourth-order valence-electron chi connectivity index (χ4n) is 7.87. The third kappa shape index (κ3) is 38.3. The summed E-state index contributed by atoms with van der Waals surface area (Å²) in [5, 5.41) is 11.1. The summed E-state index contributed by atoms with van der Waals surface area (Å²) in [7, 11) is 0. The highest BCUT2D eigenvalue weighted by atomic mass is 16.6. The average Bonchev–Trinajstić information content (AvgIpc) is 3.62. The lowest BCUT2D eigenvalue weighted by molar-refractivity contribution is -0.171. The molecule has 69 heavy (non-hydrogen) atoms. The number of carbonyl (C=O) groups is 4. The van der Waals surface area contributed by atoms with Crippen molar-refractivity contribution >= 4 is 23.9 Å². The Balaban J connectivity index is 2.57. The standard InChI is InChI=1S/C60H98O9/c1-4-7-10-13-16-19-22-25-28-31-34-37-40-43-46-49-54(61)66-52-53(67-55(62)50-47-44-41-38-35-32-29-26-23-20-17-14-11-8-5-2)58-57(64)59(60(65)69-58)68-56(63)51-48-45-42-39-36-33-30-27-24-21-18-15-12-9-6-3/h16-21,25-30,53,58,64H,4-15,22-24,31-52H2,1-3H3/b19-16-,20-17-,21-18-,28-25-,29-26-,30-27-/t53-,58+/m0/s1. The van der Waals surface area contributed by atoms with E-state index in [0.717, 1.165) is 135 Å². The van der Waals surface area contributed by atoms with E-state index >= 15 is 0 Å². The molecule has 392 valence electrons. The third-order valence-electron chi connectivity index (χ3n) is 12.2. The van der Waals surface area contributed by atoms with Gasteiger partial charge in [0.2, 0.25) is 6.10 Å². The van der Waals surface area contributed by atoms with Crippen LogP contribution in [-0.2, 0) is 38.1 Å². The molecule has 1 aliphatic heterocycles. The molecule has 0 aromatic heterocycles. The smallest absolute Gasteiger partial charge is 0.379 e. The molecule has 0 spiro atoms. The van der Waals surface area contributed by atoms with Gasteiger partial charge in [0.15, 0.2) is 11.9 Å². The Morgan fingerprint density at radius 1 is 0.464 bits per heavy atom. The first-order chi connectivity index (χ1) is 33.8. The summed E-state index contributed by atoms with van der Waals surface area (Å²) in [6, 6.07) is 0. The van der Waals surface area contributed by atoms with Crippen molar-refractivity contribution in [3.63, 3.8) is 0 Å². The highest BCUT2D eigenvalue weighted by Crippen LogP contribution is 2.27. The molecule has 0 fully saturated rings. The van der Waals surface area contributed by atoms with Crippen molar-refractivity contribution in [1.82, 2.24) is 0 Å². The monoisotopic (exact) mass is 963 g/mol. The average molecular weight is 963 g/mol. The maximum Gasteiger partial charge on any atom is 0.379 e. The van der Waals surface area contributed by atoms with Crippen molar-refractivity contribution in [3.8, 4) is 0 Å². The normalized spacial score (nSPS) is 14.8. The molecule has 0 aromatic carbocycles. The molecule has 1 N–H and O–H groups in total. The minimum Gasteiger partial charge on any atom is -0.505 e. The molecular formula is C60H98O9. The van der Waals surface area contributed by atoms with Gasteiger partial charge in [-0.15, -0.1) is 0 Å². The summed E-state index contributed by atoms with van der Waals surface area (Å²) in [5.74, 6) is -3.96. The third-order valence-corrected chi connectivity index (χ3v) is 12.2. The van der Waals surface area contributed by atoms with Crippen LogP contribution in [0.3, 0.4) is 0 Å². The summed E-state index contributed by atoms with van der Waals surface area (Å²) in [4.78, 5) is 51.5.